The van der Waals surface area contributed by atoms with Gasteiger partial charge in [0, 0.05) is 0 Å². The Labute approximate surface area is 238 Å². The molecule has 3 aromatic rings. The van der Waals surface area contributed by atoms with Crippen molar-refractivity contribution in [2.45, 2.75) is 57.7 Å². The van der Waals surface area contributed by atoms with Gasteiger partial charge in [-0.2, -0.15) is 0 Å². The number of piperidine rings is 1. The van der Waals surface area contributed by atoms with Crippen LogP contribution in [0.3, 0.4) is 0 Å². The fraction of sp³-hybridized carbons (Fsp3) is 0.355. The van der Waals surface area contributed by atoms with Gasteiger partial charge in [0.2, 0.25) is 0 Å². The first kappa shape index (κ1) is 28.5. The summed E-state index contributed by atoms with van der Waals surface area (Å²) in [4.78, 5) is 2.51. The van der Waals surface area contributed by atoms with E-state index in [-0.39, 0.29) is 11.1 Å². The molecule has 37 heavy (non-hydrogen) atoms. The van der Waals surface area contributed by atoms with Crippen LogP contribution >= 0.6 is 42.1 Å². The summed E-state index contributed by atoms with van der Waals surface area (Å²) in [5.41, 5.74) is 1.25. The number of benzene rings is 3. The molecule has 0 aliphatic carbocycles. The van der Waals surface area contributed by atoms with Crippen molar-refractivity contribution < 1.29 is 0 Å². The number of likely N-dealkylation sites (tertiary alicyclic amines) is 1. The van der Waals surface area contributed by atoms with Crippen molar-refractivity contribution in [1.82, 2.24) is 10.2 Å². The second-order valence-corrected chi connectivity index (χ2v) is 16.8. The van der Waals surface area contributed by atoms with Crippen molar-refractivity contribution >= 4 is 58.0 Å². The summed E-state index contributed by atoms with van der Waals surface area (Å²) in [5, 5.41) is 9.89. The van der Waals surface area contributed by atoms with Crippen LogP contribution in [0.2, 0.25) is 15.1 Å². The van der Waals surface area contributed by atoms with Crippen molar-refractivity contribution in [2.75, 3.05) is 13.2 Å². The molecular weight excluding hydrogens is 538 g/mol. The molecule has 3 aromatic carbocycles. The molecule has 2 nitrogen and oxygen atoms in total. The topological polar surface area (TPSA) is 15.3 Å². The van der Waals surface area contributed by atoms with Crippen LogP contribution in [0.1, 0.15) is 40.5 Å². The van der Waals surface area contributed by atoms with Gasteiger partial charge in [0.1, 0.15) is 0 Å². The van der Waals surface area contributed by atoms with E-state index in [1.165, 1.54) is 15.9 Å². The first-order valence-electron chi connectivity index (χ1n) is 12.8. The monoisotopic (exact) mass is 574 g/mol. The molecule has 0 radical (unpaired) electrons. The van der Waals surface area contributed by atoms with Crippen molar-refractivity contribution in [3.63, 3.8) is 0 Å². The maximum absolute atomic E-state index is 6.34. The van der Waals surface area contributed by atoms with E-state index in [2.05, 4.69) is 87.9 Å². The Bertz CT molecular complexity index is 1110. The third-order valence-electron chi connectivity index (χ3n) is 8.21. The van der Waals surface area contributed by atoms with E-state index in [1.807, 2.05) is 36.4 Å². The molecule has 198 valence electrons. The summed E-state index contributed by atoms with van der Waals surface area (Å²) < 4.78 is 0. The van der Waals surface area contributed by atoms with Gasteiger partial charge in [-0.15, -0.1) is 0 Å². The molecule has 1 saturated heterocycles. The Morgan fingerprint density at radius 1 is 0.757 bits per heavy atom. The second-order valence-electron chi connectivity index (χ2n) is 11.6. The zero-order chi connectivity index (χ0) is 27.0. The normalized spacial score (nSPS) is 18.4. The number of nitrogens with one attached hydrogen (secondary N) is 1. The Morgan fingerprint density at radius 3 is 1.41 bits per heavy atom. The molecule has 1 heterocycles. The van der Waals surface area contributed by atoms with E-state index < -0.39 is 7.26 Å². The fourth-order valence-corrected chi connectivity index (χ4v) is 11.1. The van der Waals surface area contributed by atoms with Crippen molar-refractivity contribution in [1.29, 1.82) is 0 Å². The Balaban J connectivity index is 1.79. The van der Waals surface area contributed by atoms with Crippen LogP contribution < -0.4 is 21.2 Å². The van der Waals surface area contributed by atoms with Gasteiger partial charge in [-0.1, -0.05) is 0 Å². The van der Waals surface area contributed by atoms with Crippen LogP contribution in [0, 0.1) is 0 Å². The van der Waals surface area contributed by atoms with Crippen molar-refractivity contribution in [3.05, 3.63) is 100 Å². The summed E-state index contributed by atoms with van der Waals surface area (Å²) in [6.45, 7) is 13.9. The first-order valence-corrected chi connectivity index (χ1v) is 16.1. The average Bonchev–Trinajstić information content (AvgIpc) is 2.82. The van der Waals surface area contributed by atoms with E-state index in [0.717, 1.165) is 39.8 Å². The maximum atomic E-state index is 6.34. The van der Waals surface area contributed by atoms with Gasteiger partial charge in [-0.25, -0.2) is 0 Å². The molecule has 0 bridgehead atoms. The molecule has 1 aliphatic heterocycles. The number of hydrogen-bond acceptors (Lipinski definition) is 2. The van der Waals surface area contributed by atoms with Crippen LogP contribution in [0.4, 0.5) is 0 Å². The minimum atomic E-state index is -2.57. The first-order chi connectivity index (χ1) is 17.3. The van der Waals surface area contributed by atoms with E-state index >= 15 is 0 Å². The summed E-state index contributed by atoms with van der Waals surface area (Å²) in [7, 11) is -0.333. The van der Waals surface area contributed by atoms with Gasteiger partial charge >= 0.3 is 239 Å². The molecule has 0 saturated carbocycles. The molecule has 0 atom stereocenters. The van der Waals surface area contributed by atoms with Gasteiger partial charge in [-0.3, -0.25) is 0 Å². The second kappa shape index (κ2) is 10.9. The van der Waals surface area contributed by atoms with Crippen LogP contribution in [0.15, 0.2) is 85.1 Å². The number of halogens is 3. The van der Waals surface area contributed by atoms with Crippen molar-refractivity contribution in [3.8, 4) is 0 Å². The van der Waals surface area contributed by atoms with E-state index in [0.29, 0.717) is 6.04 Å². The van der Waals surface area contributed by atoms with Crippen LogP contribution in [0.5, 0.6) is 0 Å². The Morgan fingerprint density at radius 2 is 1.08 bits per heavy atom. The molecule has 0 amide bonds. The zero-order valence-corrected chi connectivity index (χ0v) is 25.7. The van der Waals surface area contributed by atoms with Gasteiger partial charge in [0.15, 0.2) is 0 Å². The van der Waals surface area contributed by atoms with Gasteiger partial charge in [0.25, 0.3) is 0 Å². The third kappa shape index (κ3) is 6.05. The molecule has 6 heteroatoms. The number of rotatable bonds is 7. The van der Waals surface area contributed by atoms with E-state index in [1.54, 1.807) is 0 Å². The zero-order valence-electron chi connectivity index (χ0n) is 22.4. The average molecular weight is 576 g/mol. The quantitative estimate of drug-likeness (QED) is 0.295. The molecule has 0 unspecified atom stereocenters. The van der Waals surface area contributed by atoms with E-state index in [4.69, 9.17) is 34.8 Å². The molecular formula is C31H38Cl3N2P. The minimum absolute atomic E-state index is 0.0940. The number of hydrogen-bond donors (Lipinski definition) is 1. The summed E-state index contributed by atoms with van der Waals surface area (Å²) in [6.07, 6.45) is 2.93. The Hall–Kier alpha value is -1.54. The summed E-state index contributed by atoms with van der Waals surface area (Å²) in [6, 6.07) is 25.3. The molecule has 4 rings (SSSR count). The molecule has 1 fully saturated rings. The number of nitrogens with zero attached hydrogens (tertiary/aromatic N) is 1. The van der Waals surface area contributed by atoms with Crippen LogP contribution in [-0.4, -0.2) is 35.2 Å². The fourth-order valence-electron chi connectivity index (χ4n) is 6.14. The molecule has 0 spiro atoms. The molecule has 1 N–H and O–H groups in total. The van der Waals surface area contributed by atoms with E-state index in [9.17, 15) is 0 Å². The third-order valence-corrected chi connectivity index (χ3v) is 13.9. The molecule has 1 aliphatic rings. The van der Waals surface area contributed by atoms with Gasteiger partial charge in [-0.05, 0) is 0 Å². The van der Waals surface area contributed by atoms with Crippen molar-refractivity contribution in [2.24, 2.45) is 0 Å². The summed E-state index contributed by atoms with van der Waals surface area (Å²) >= 11 is 19.0. The summed E-state index contributed by atoms with van der Waals surface area (Å²) in [5.74, 6) is 0. The standard InChI is InChI=1S/C31H38Cl3N2P/c1-22(35-26-19-30(2,3)36(6)31(4,5)20-26)21-37(27-13-7-23(32)8-14-27,28-15-9-24(33)10-16-28)29-17-11-25(34)12-18-29/h7-18,26,35,37H,1,19-21H2,2-6H3. The van der Waals surface area contributed by atoms with Crippen LogP contribution in [0.25, 0.3) is 0 Å². The van der Waals surface area contributed by atoms with Gasteiger partial charge in [0.05, 0.1) is 0 Å². The molecule has 0 aromatic heterocycles. The number of allylic oxidation sites excluding steroid dienone is 1. The SMILES string of the molecule is C=C(C[PH](c1ccc(Cl)cc1)(c1ccc(Cl)cc1)c1ccc(Cl)cc1)NC1CC(C)(C)N(C)C(C)(C)C1. The predicted octanol–water partition coefficient (Wildman–Crippen LogP) is 7.43. The van der Waals surface area contributed by atoms with Gasteiger partial charge < -0.3 is 0 Å². The Kier molecular flexibility index (Phi) is 8.40. The predicted molar refractivity (Wildman–Crippen MR) is 168 cm³/mol. The van der Waals surface area contributed by atoms with Crippen LogP contribution in [-0.2, 0) is 0 Å².